The Morgan fingerprint density at radius 1 is 1.67 bits per heavy atom. The van der Waals surface area contributed by atoms with Crippen LogP contribution in [0.2, 0.25) is 0 Å². The molecule has 1 aromatic rings. The number of hydrogen-bond acceptors (Lipinski definition) is 3. The van der Waals surface area contributed by atoms with Gasteiger partial charge in [-0.2, -0.15) is 0 Å². The number of anilines is 1. The second-order valence-corrected chi connectivity index (χ2v) is 3.61. The fraction of sp³-hybridized carbons (Fsp3) is 0.143. The maximum atomic E-state index is 10.8. The zero-order valence-corrected chi connectivity index (χ0v) is 6.90. The lowest BCUT2D eigenvalue weighted by Crippen LogP contribution is -2.09. The maximum Gasteiger partial charge on any atom is 0.258 e. The Morgan fingerprint density at radius 3 is 3.00 bits per heavy atom. The number of fused-ring (bicyclic) bond motifs is 1. The minimum Gasteiger partial charge on any atom is -0.365 e. The number of amides is 2. The summed E-state index contributed by atoms with van der Waals surface area (Å²) in [5, 5.41) is 3.40. The molecule has 4 nitrogen and oxygen atoms in total. The number of carbonyl (C=O) groups excluding carboxylic acids is 2. The van der Waals surface area contributed by atoms with Gasteiger partial charge in [-0.1, -0.05) is 0 Å². The molecule has 0 spiro atoms. The Bertz CT molecular complexity index is 344. The summed E-state index contributed by atoms with van der Waals surface area (Å²) in [6.07, 6.45) is 0.360. The van der Waals surface area contributed by atoms with Gasteiger partial charge in [0.15, 0.2) is 0 Å². The molecule has 1 aliphatic rings. The molecule has 0 saturated carbocycles. The van der Waals surface area contributed by atoms with E-state index in [2.05, 4.69) is 5.32 Å². The molecule has 1 aliphatic heterocycles. The minimum absolute atomic E-state index is 0.0210. The summed E-state index contributed by atoms with van der Waals surface area (Å²) in [5.74, 6) is -0.462. The molecule has 2 heterocycles. The molecule has 0 fully saturated rings. The molecular weight excluding hydrogens is 176 g/mol. The van der Waals surface area contributed by atoms with E-state index in [4.69, 9.17) is 5.73 Å². The van der Waals surface area contributed by atoms with Gasteiger partial charge in [0.25, 0.3) is 5.91 Å². The van der Waals surface area contributed by atoms with Crippen LogP contribution in [0.3, 0.4) is 0 Å². The van der Waals surface area contributed by atoms with Gasteiger partial charge in [-0.15, -0.1) is 11.3 Å². The fourth-order valence-corrected chi connectivity index (χ4v) is 2.08. The predicted octanol–water partition coefficient (Wildman–Crippen LogP) is 0.342. The van der Waals surface area contributed by atoms with E-state index in [1.54, 1.807) is 6.07 Å². The molecule has 12 heavy (non-hydrogen) atoms. The number of carbonyl (C=O) groups is 2. The predicted molar refractivity (Wildman–Crippen MR) is 45.2 cm³/mol. The summed E-state index contributed by atoms with van der Waals surface area (Å²) in [6, 6.07) is 1.67. The zero-order chi connectivity index (χ0) is 8.72. The summed E-state index contributed by atoms with van der Waals surface area (Å²) >= 11 is 1.23. The van der Waals surface area contributed by atoms with Crippen LogP contribution in [0.15, 0.2) is 6.07 Å². The van der Waals surface area contributed by atoms with Crippen molar-refractivity contribution in [2.24, 2.45) is 5.73 Å². The van der Waals surface area contributed by atoms with E-state index >= 15 is 0 Å². The van der Waals surface area contributed by atoms with Gasteiger partial charge in [0.05, 0.1) is 16.3 Å². The smallest absolute Gasteiger partial charge is 0.258 e. The number of primary amides is 1. The molecule has 0 bridgehead atoms. The van der Waals surface area contributed by atoms with Crippen LogP contribution in [0, 0.1) is 0 Å². The third-order valence-electron chi connectivity index (χ3n) is 1.66. The van der Waals surface area contributed by atoms with Gasteiger partial charge in [-0.05, 0) is 11.6 Å². The van der Waals surface area contributed by atoms with Crippen LogP contribution in [-0.4, -0.2) is 11.8 Å². The average Bonchev–Trinajstić information content (AvgIpc) is 2.42. The van der Waals surface area contributed by atoms with Gasteiger partial charge in [0, 0.05) is 0 Å². The molecule has 62 valence electrons. The van der Waals surface area contributed by atoms with E-state index in [9.17, 15) is 9.59 Å². The van der Waals surface area contributed by atoms with Crippen LogP contribution in [0.25, 0.3) is 0 Å². The Kier molecular flexibility index (Phi) is 1.41. The van der Waals surface area contributed by atoms with Crippen LogP contribution in [0.5, 0.6) is 0 Å². The summed E-state index contributed by atoms with van der Waals surface area (Å²) in [5.41, 5.74) is 5.94. The van der Waals surface area contributed by atoms with Crippen molar-refractivity contribution >= 4 is 28.2 Å². The number of rotatable bonds is 1. The lowest BCUT2D eigenvalue weighted by atomic mass is 10.2. The van der Waals surface area contributed by atoms with Crippen molar-refractivity contribution in [2.45, 2.75) is 6.42 Å². The third-order valence-corrected chi connectivity index (χ3v) is 2.76. The first-order valence-electron chi connectivity index (χ1n) is 3.39. The standard InChI is InChI=1S/C7H6N2O2S/c8-6(11)4-1-3-2-5(10)9-7(3)12-4/h1H,2H2,(H2,8,11)(H,9,10). The Labute approximate surface area is 72.4 Å². The van der Waals surface area contributed by atoms with Gasteiger partial charge in [-0.3, -0.25) is 9.59 Å². The minimum atomic E-state index is -0.441. The highest BCUT2D eigenvalue weighted by atomic mass is 32.1. The van der Waals surface area contributed by atoms with Gasteiger partial charge in [-0.25, -0.2) is 0 Å². The van der Waals surface area contributed by atoms with E-state index in [1.165, 1.54) is 11.3 Å². The molecule has 0 radical (unpaired) electrons. The first-order valence-corrected chi connectivity index (χ1v) is 4.21. The lowest BCUT2D eigenvalue weighted by Gasteiger charge is -1.89. The number of nitrogens with two attached hydrogens (primary N) is 1. The highest BCUT2D eigenvalue weighted by Crippen LogP contribution is 2.32. The van der Waals surface area contributed by atoms with E-state index in [0.29, 0.717) is 11.3 Å². The number of thiophene rings is 1. The van der Waals surface area contributed by atoms with Crippen molar-refractivity contribution in [3.8, 4) is 0 Å². The van der Waals surface area contributed by atoms with Crippen molar-refractivity contribution < 1.29 is 9.59 Å². The Morgan fingerprint density at radius 2 is 2.42 bits per heavy atom. The fourth-order valence-electron chi connectivity index (χ4n) is 1.13. The van der Waals surface area contributed by atoms with Crippen LogP contribution in [0.4, 0.5) is 5.00 Å². The molecular formula is C7H6N2O2S. The molecule has 0 saturated heterocycles. The number of hydrogen-bond donors (Lipinski definition) is 2. The van der Waals surface area contributed by atoms with Crippen LogP contribution in [-0.2, 0) is 11.2 Å². The molecule has 3 N–H and O–H groups in total. The van der Waals surface area contributed by atoms with E-state index in [-0.39, 0.29) is 5.91 Å². The number of nitrogens with one attached hydrogen (secondary N) is 1. The van der Waals surface area contributed by atoms with Gasteiger partial charge in [0.1, 0.15) is 0 Å². The molecule has 2 rings (SSSR count). The van der Waals surface area contributed by atoms with Crippen LogP contribution >= 0.6 is 11.3 Å². The largest absolute Gasteiger partial charge is 0.365 e. The van der Waals surface area contributed by atoms with Crippen LogP contribution in [0.1, 0.15) is 15.2 Å². The molecule has 1 aromatic heterocycles. The summed E-state index contributed by atoms with van der Waals surface area (Å²) < 4.78 is 0. The van der Waals surface area contributed by atoms with Crippen molar-refractivity contribution in [3.05, 3.63) is 16.5 Å². The average molecular weight is 182 g/mol. The second-order valence-electron chi connectivity index (χ2n) is 2.55. The van der Waals surface area contributed by atoms with Crippen molar-refractivity contribution in [2.75, 3.05) is 5.32 Å². The van der Waals surface area contributed by atoms with E-state index in [0.717, 1.165) is 10.6 Å². The van der Waals surface area contributed by atoms with E-state index in [1.807, 2.05) is 0 Å². The van der Waals surface area contributed by atoms with Gasteiger partial charge < -0.3 is 11.1 Å². The molecule has 0 atom stereocenters. The molecule has 0 unspecified atom stereocenters. The van der Waals surface area contributed by atoms with Crippen LogP contribution < -0.4 is 11.1 Å². The first-order chi connectivity index (χ1) is 5.66. The maximum absolute atomic E-state index is 10.8. The zero-order valence-electron chi connectivity index (χ0n) is 6.09. The highest BCUT2D eigenvalue weighted by Gasteiger charge is 2.21. The monoisotopic (exact) mass is 182 g/mol. The third kappa shape index (κ3) is 0.984. The summed E-state index contributed by atoms with van der Waals surface area (Å²) in [6.45, 7) is 0. The Hall–Kier alpha value is -1.36. The van der Waals surface area contributed by atoms with Crippen molar-refractivity contribution in [1.82, 2.24) is 0 Å². The van der Waals surface area contributed by atoms with Crippen molar-refractivity contribution in [1.29, 1.82) is 0 Å². The topological polar surface area (TPSA) is 72.2 Å². The van der Waals surface area contributed by atoms with E-state index < -0.39 is 5.91 Å². The first kappa shape index (κ1) is 7.30. The molecule has 0 aliphatic carbocycles. The molecule has 5 heteroatoms. The summed E-state index contributed by atoms with van der Waals surface area (Å²) in [4.78, 5) is 22.0. The molecule has 2 amide bonds. The SMILES string of the molecule is NC(=O)c1cc2c(s1)NC(=O)C2. The summed E-state index contributed by atoms with van der Waals surface area (Å²) in [7, 11) is 0. The second kappa shape index (κ2) is 2.31. The normalized spacial score (nSPS) is 14.2. The quantitative estimate of drug-likeness (QED) is 0.657. The Balaban J connectivity index is 2.40. The van der Waals surface area contributed by atoms with Gasteiger partial charge >= 0.3 is 0 Å². The highest BCUT2D eigenvalue weighted by molar-refractivity contribution is 7.18. The van der Waals surface area contributed by atoms with Crippen molar-refractivity contribution in [3.63, 3.8) is 0 Å². The van der Waals surface area contributed by atoms with Gasteiger partial charge in [0.2, 0.25) is 5.91 Å². The lowest BCUT2D eigenvalue weighted by molar-refractivity contribution is -0.115. The molecule has 0 aromatic carbocycles.